The summed E-state index contributed by atoms with van der Waals surface area (Å²) in [5.74, 6) is 2.80. The summed E-state index contributed by atoms with van der Waals surface area (Å²) in [5, 5.41) is 0. The van der Waals surface area contributed by atoms with Gasteiger partial charge in [0.25, 0.3) is 0 Å². The normalized spacial score (nSPS) is 20.8. The van der Waals surface area contributed by atoms with E-state index in [1.165, 1.54) is 0 Å². The molecule has 6 aromatic rings. The zero-order chi connectivity index (χ0) is 33.8. The van der Waals surface area contributed by atoms with Crippen molar-refractivity contribution in [2.75, 3.05) is 9.34 Å². The molecular weight excluding hydrogens is 691 g/mol. The molecule has 0 amide bonds. The highest BCUT2D eigenvalue weighted by Gasteiger charge is 2.56. The molecule has 4 aromatic heterocycles. The second kappa shape index (κ2) is 11.8. The summed E-state index contributed by atoms with van der Waals surface area (Å²) in [6, 6.07) is 34.0. The second-order valence-corrected chi connectivity index (χ2v) is 18.1. The largest absolute Gasteiger partial charge is 0.460 e. The molecular formula is C34H28N9O4P3. The number of benzene rings is 2. The van der Waals surface area contributed by atoms with Crippen molar-refractivity contribution in [3.8, 4) is 23.3 Å². The van der Waals surface area contributed by atoms with Crippen molar-refractivity contribution in [1.29, 1.82) is 0 Å². The van der Waals surface area contributed by atoms with Crippen LogP contribution in [0.4, 0.5) is 23.0 Å². The smallest absolute Gasteiger partial charge is 0.424 e. The van der Waals surface area contributed by atoms with Crippen molar-refractivity contribution in [1.82, 2.24) is 19.9 Å². The first-order valence-corrected chi connectivity index (χ1v) is 20.3. The van der Waals surface area contributed by atoms with Crippen LogP contribution in [0.15, 0.2) is 148 Å². The molecule has 7 heterocycles. The molecule has 0 unspecified atom stereocenters. The van der Waals surface area contributed by atoms with E-state index in [1.54, 1.807) is 24.8 Å². The van der Waals surface area contributed by atoms with Gasteiger partial charge in [-0.05, 0) is 85.6 Å². The molecule has 9 rings (SSSR count). The van der Waals surface area contributed by atoms with E-state index in [-0.39, 0.29) is 11.8 Å². The average molecular weight is 720 g/mol. The van der Waals surface area contributed by atoms with Crippen molar-refractivity contribution in [2.24, 2.45) is 13.5 Å². The predicted octanol–water partition coefficient (Wildman–Crippen LogP) is 10.7. The van der Waals surface area contributed by atoms with Crippen LogP contribution in [-0.4, -0.2) is 19.9 Å². The standard InChI is InChI=1S/C34H28N9O4P3/c1-25-17-21-37-33(23-25)46-50(47-34-24-26(2)18-22-38-34)40-48(42(31-15-7-9-19-35-31)27-11-3-5-13-29(27)44-48)39-49(41-50)43(32-16-8-10-20-36-32)28-12-4-6-14-30(28)45-49/h3-24H,1-2H3/t48-,49-/m0/s1. The van der Waals surface area contributed by atoms with Crippen molar-refractivity contribution in [3.05, 3.63) is 145 Å². The Morgan fingerprint density at radius 2 is 0.980 bits per heavy atom. The summed E-state index contributed by atoms with van der Waals surface area (Å²) in [5.41, 5.74) is 3.32. The first kappa shape index (κ1) is 30.6. The van der Waals surface area contributed by atoms with Gasteiger partial charge in [0.1, 0.15) is 11.6 Å². The number of nitrogens with zero attached hydrogens (tertiary/aromatic N) is 9. The summed E-state index contributed by atoms with van der Waals surface area (Å²) < 4.78 is 47.9. The number of hydrogen-bond donors (Lipinski definition) is 0. The molecule has 0 fully saturated rings. The van der Waals surface area contributed by atoms with Gasteiger partial charge in [-0.2, -0.15) is 0 Å². The van der Waals surface area contributed by atoms with Crippen molar-refractivity contribution in [3.63, 3.8) is 0 Å². The third-order valence-electron chi connectivity index (χ3n) is 7.78. The fourth-order valence-electron chi connectivity index (χ4n) is 5.70. The van der Waals surface area contributed by atoms with Crippen LogP contribution in [0, 0.1) is 13.8 Å². The summed E-state index contributed by atoms with van der Waals surface area (Å²) >= 11 is 0. The Morgan fingerprint density at radius 1 is 0.500 bits per heavy atom. The molecule has 0 saturated carbocycles. The fourth-order valence-corrected chi connectivity index (χ4v) is 16.5. The number of aryl methyl sites for hydroxylation is 2. The first-order valence-electron chi connectivity index (χ1n) is 15.6. The Labute approximate surface area is 288 Å². The molecule has 2 aromatic carbocycles. The third kappa shape index (κ3) is 5.22. The van der Waals surface area contributed by atoms with Gasteiger partial charge >= 0.3 is 22.8 Å². The van der Waals surface area contributed by atoms with E-state index >= 15 is 0 Å². The number of hydrogen-bond acceptors (Lipinski definition) is 13. The quantitative estimate of drug-likeness (QED) is 0.153. The van der Waals surface area contributed by atoms with Gasteiger partial charge in [0.15, 0.2) is 11.5 Å². The molecule has 0 N–H and O–H groups in total. The van der Waals surface area contributed by atoms with Gasteiger partial charge in [0.2, 0.25) is 11.8 Å². The van der Waals surface area contributed by atoms with E-state index in [4.69, 9.17) is 41.6 Å². The van der Waals surface area contributed by atoms with Gasteiger partial charge < -0.3 is 18.1 Å². The highest BCUT2D eigenvalue weighted by molar-refractivity contribution is 7.83. The van der Waals surface area contributed by atoms with E-state index in [2.05, 4.69) is 9.97 Å². The van der Waals surface area contributed by atoms with E-state index in [1.807, 2.05) is 132 Å². The molecule has 248 valence electrons. The van der Waals surface area contributed by atoms with Gasteiger partial charge in [-0.25, -0.2) is 29.3 Å². The number of fused-ring (bicyclic) bond motifs is 2. The number of para-hydroxylation sites is 4. The van der Waals surface area contributed by atoms with Crippen LogP contribution < -0.4 is 27.4 Å². The third-order valence-corrected chi connectivity index (χ3v) is 16.9. The Kier molecular flexibility index (Phi) is 7.24. The van der Waals surface area contributed by atoms with Gasteiger partial charge in [-0.3, -0.25) is 0 Å². The summed E-state index contributed by atoms with van der Waals surface area (Å²) in [6.45, 7) is 3.91. The van der Waals surface area contributed by atoms with Crippen LogP contribution in [0.25, 0.3) is 0 Å². The maximum absolute atomic E-state index is 6.98. The number of aromatic nitrogens is 4. The lowest BCUT2D eigenvalue weighted by atomic mass is 10.3. The SMILES string of the molecule is Cc1ccnc(OP2(Oc3cc(C)ccn3)=N[P@]3(=N[P@@]4(=N2)Oc2ccccc2N4c2ccccn2)Oc2ccccc2N3c2ccccn2)c1. The van der Waals surface area contributed by atoms with Gasteiger partial charge in [-0.1, -0.05) is 36.4 Å². The summed E-state index contributed by atoms with van der Waals surface area (Å²) in [7, 11) is -11.2. The Bertz CT molecular complexity index is 2300. The second-order valence-electron chi connectivity index (χ2n) is 11.4. The number of rotatable bonds is 6. The fraction of sp³-hybridized carbons (Fsp3) is 0.0588. The zero-order valence-electron chi connectivity index (χ0n) is 26.7. The van der Waals surface area contributed by atoms with Crippen molar-refractivity contribution < 1.29 is 18.1 Å². The zero-order valence-corrected chi connectivity index (χ0v) is 29.4. The Morgan fingerprint density at radius 3 is 1.46 bits per heavy atom. The maximum atomic E-state index is 6.98. The molecule has 0 aliphatic carbocycles. The van der Waals surface area contributed by atoms with E-state index in [9.17, 15) is 0 Å². The molecule has 16 heteroatoms. The molecule has 3 aliphatic heterocycles. The molecule has 0 radical (unpaired) electrons. The first-order chi connectivity index (χ1) is 24.4. The monoisotopic (exact) mass is 719 g/mol. The minimum absolute atomic E-state index is 0.263. The van der Waals surface area contributed by atoms with E-state index in [0.717, 1.165) is 22.5 Å². The van der Waals surface area contributed by atoms with Crippen LogP contribution >= 0.6 is 22.8 Å². The van der Waals surface area contributed by atoms with Gasteiger partial charge in [0, 0.05) is 36.9 Å². The van der Waals surface area contributed by atoms with E-state index in [0.29, 0.717) is 23.1 Å². The molecule has 2 spiro atoms. The van der Waals surface area contributed by atoms with Crippen LogP contribution in [0.5, 0.6) is 23.3 Å². The van der Waals surface area contributed by atoms with Gasteiger partial charge in [-0.15, -0.1) is 13.5 Å². The lowest BCUT2D eigenvalue weighted by Gasteiger charge is -2.35. The Balaban J connectivity index is 1.41. The average Bonchev–Trinajstić information content (AvgIpc) is 3.58. The molecule has 3 aliphatic rings. The van der Waals surface area contributed by atoms with Crippen LogP contribution in [0.3, 0.4) is 0 Å². The van der Waals surface area contributed by atoms with E-state index < -0.39 is 22.8 Å². The predicted molar refractivity (Wildman–Crippen MR) is 194 cm³/mol. The number of anilines is 4. The van der Waals surface area contributed by atoms with Gasteiger partial charge in [0.05, 0.1) is 11.4 Å². The van der Waals surface area contributed by atoms with Crippen LogP contribution in [-0.2, 0) is 0 Å². The van der Waals surface area contributed by atoms with Crippen LogP contribution in [0.1, 0.15) is 11.1 Å². The maximum Gasteiger partial charge on any atom is 0.460 e. The molecule has 50 heavy (non-hydrogen) atoms. The lowest BCUT2D eigenvalue weighted by Crippen LogP contribution is -2.18. The lowest BCUT2D eigenvalue weighted by molar-refractivity contribution is 0.455. The molecule has 13 nitrogen and oxygen atoms in total. The minimum atomic E-state index is -3.93. The van der Waals surface area contributed by atoms with Crippen LogP contribution in [0.2, 0.25) is 0 Å². The highest BCUT2D eigenvalue weighted by atomic mass is 31.3. The molecule has 0 saturated heterocycles. The van der Waals surface area contributed by atoms with Crippen molar-refractivity contribution in [2.45, 2.75) is 13.8 Å². The molecule has 0 bridgehead atoms. The summed E-state index contributed by atoms with van der Waals surface area (Å²) in [6.07, 6.45) is 6.77. The summed E-state index contributed by atoms with van der Waals surface area (Å²) in [4.78, 5) is 18.6. The Hall–Kier alpha value is -5.47. The number of pyridine rings is 4. The molecule has 2 atom stereocenters. The topological polar surface area (TPSA) is 132 Å². The van der Waals surface area contributed by atoms with Crippen molar-refractivity contribution >= 4 is 45.8 Å². The highest BCUT2D eigenvalue weighted by Crippen LogP contribution is 2.85. The minimum Gasteiger partial charge on any atom is -0.424 e.